The molecule has 0 atom stereocenters. The average molecular weight is 421 g/mol. The van der Waals surface area contributed by atoms with Gasteiger partial charge in [-0.3, -0.25) is 4.79 Å². The van der Waals surface area contributed by atoms with Gasteiger partial charge in [-0.15, -0.1) is 0 Å². The molecule has 0 fully saturated rings. The zero-order valence-electron chi connectivity index (χ0n) is 16.3. The van der Waals surface area contributed by atoms with E-state index in [1.54, 1.807) is 36.6 Å². The van der Waals surface area contributed by atoms with Gasteiger partial charge in [-0.05, 0) is 59.7 Å². The number of nitrogens with zero attached hydrogens (tertiary/aromatic N) is 1. The van der Waals surface area contributed by atoms with Gasteiger partial charge in [0.15, 0.2) is 0 Å². The summed E-state index contributed by atoms with van der Waals surface area (Å²) in [6.45, 7) is 4.46. The Morgan fingerprint density at radius 3 is 2.50 bits per heavy atom. The van der Waals surface area contributed by atoms with Gasteiger partial charge in [-0.25, -0.2) is 5.43 Å². The first-order chi connectivity index (χ1) is 14.6. The fraction of sp³-hybridized carbons (Fsp3) is 0.0833. The van der Waals surface area contributed by atoms with E-state index in [2.05, 4.69) is 17.1 Å². The zero-order valence-corrected chi connectivity index (χ0v) is 17.0. The predicted octanol–water partition coefficient (Wildman–Crippen LogP) is 5.25. The molecule has 3 aromatic carbocycles. The van der Waals surface area contributed by atoms with Gasteiger partial charge >= 0.3 is 0 Å². The summed E-state index contributed by atoms with van der Waals surface area (Å²) in [5.41, 5.74) is 4.81. The number of rotatable bonds is 9. The fourth-order valence-corrected chi connectivity index (χ4v) is 2.65. The lowest BCUT2D eigenvalue weighted by Gasteiger charge is -2.07. The van der Waals surface area contributed by atoms with Crippen molar-refractivity contribution in [3.63, 3.8) is 0 Å². The molecule has 0 saturated carbocycles. The second-order valence-corrected chi connectivity index (χ2v) is 6.75. The van der Waals surface area contributed by atoms with Crippen molar-refractivity contribution in [3.8, 4) is 11.5 Å². The van der Waals surface area contributed by atoms with Crippen LogP contribution >= 0.6 is 11.6 Å². The van der Waals surface area contributed by atoms with E-state index in [-0.39, 0.29) is 5.91 Å². The number of amides is 1. The molecule has 5 nitrogen and oxygen atoms in total. The van der Waals surface area contributed by atoms with Gasteiger partial charge in [0.2, 0.25) is 0 Å². The molecule has 6 heteroatoms. The lowest BCUT2D eigenvalue weighted by molar-refractivity contribution is 0.0955. The minimum atomic E-state index is -0.311. The van der Waals surface area contributed by atoms with Crippen molar-refractivity contribution < 1.29 is 14.3 Å². The number of hydrazone groups is 1. The van der Waals surface area contributed by atoms with Crippen LogP contribution in [0, 0.1) is 0 Å². The normalized spacial score (nSPS) is 10.6. The number of benzene rings is 3. The van der Waals surface area contributed by atoms with Gasteiger partial charge < -0.3 is 9.47 Å². The molecule has 3 aromatic rings. The topological polar surface area (TPSA) is 59.9 Å². The second kappa shape index (κ2) is 10.8. The van der Waals surface area contributed by atoms with Gasteiger partial charge in [0.05, 0.1) is 6.21 Å². The quantitative estimate of drug-likeness (QED) is 0.292. The molecule has 3 rings (SSSR count). The summed E-state index contributed by atoms with van der Waals surface area (Å²) in [6.07, 6.45) is 3.23. The lowest BCUT2D eigenvalue weighted by atomic mass is 10.2. The smallest absolute Gasteiger partial charge is 0.271 e. The monoisotopic (exact) mass is 420 g/mol. The number of hydrogen-bond acceptors (Lipinski definition) is 4. The maximum atomic E-state index is 12.3. The largest absolute Gasteiger partial charge is 0.490 e. The Morgan fingerprint density at radius 2 is 1.77 bits per heavy atom. The van der Waals surface area contributed by atoms with Crippen LogP contribution in [0.1, 0.15) is 21.5 Å². The standard InChI is InChI=1S/C24H21ClN2O3/c1-2-14-29-23-5-3-4-19(15-23)16-26-27-24(28)20-8-12-22(13-9-20)30-17-18-6-10-21(25)11-7-18/h2-13,15-16H,1,14,17H2,(H,27,28)/b26-16+. The third kappa shape index (κ3) is 6.50. The van der Waals surface area contributed by atoms with Gasteiger partial charge in [0, 0.05) is 10.6 Å². The molecule has 0 bridgehead atoms. The number of ether oxygens (including phenoxy) is 2. The molecule has 0 saturated heterocycles. The Balaban J connectivity index is 1.51. The van der Waals surface area contributed by atoms with Crippen LogP contribution in [0.25, 0.3) is 0 Å². The summed E-state index contributed by atoms with van der Waals surface area (Å²) >= 11 is 5.87. The van der Waals surface area contributed by atoms with E-state index in [0.29, 0.717) is 35.3 Å². The maximum Gasteiger partial charge on any atom is 0.271 e. The summed E-state index contributed by atoms with van der Waals surface area (Å²) in [7, 11) is 0. The molecule has 0 spiro atoms. The van der Waals surface area contributed by atoms with Crippen LogP contribution in [-0.2, 0) is 6.61 Å². The second-order valence-electron chi connectivity index (χ2n) is 6.31. The van der Waals surface area contributed by atoms with Crippen LogP contribution in [-0.4, -0.2) is 18.7 Å². The molecule has 0 aliphatic rings. The summed E-state index contributed by atoms with van der Waals surface area (Å²) in [4.78, 5) is 12.3. The molecule has 0 aromatic heterocycles. The van der Waals surface area contributed by atoms with E-state index in [0.717, 1.165) is 11.1 Å². The molecule has 0 aliphatic carbocycles. The van der Waals surface area contributed by atoms with Crippen molar-refractivity contribution in [3.05, 3.63) is 107 Å². The van der Waals surface area contributed by atoms with Crippen LogP contribution in [0.2, 0.25) is 5.02 Å². The van der Waals surface area contributed by atoms with Gasteiger partial charge in [0.1, 0.15) is 24.7 Å². The highest BCUT2D eigenvalue weighted by Crippen LogP contribution is 2.16. The SMILES string of the molecule is C=CCOc1cccc(/C=N/NC(=O)c2ccc(OCc3ccc(Cl)cc3)cc2)c1. The first-order valence-corrected chi connectivity index (χ1v) is 9.66. The Bertz CT molecular complexity index is 1020. The fourth-order valence-electron chi connectivity index (χ4n) is 2.52. The van der Waals surface area contributed by atoms with Crippen LogP contribution in [0.4, 0.5) is 0 Å². The van der Waals surface area contributed by atoms with Crippen molar-refractivity contribution >= 4 is 23.7 Å². The number of halogens is 1. The first-order valence-electron chi connectivity index (χ1n) is 9.28. The summed E-state index contributed by atoms with van der Waals surface area (Å²) < 4.78 is 11.2. The van der Waals surface area contributed by atoms with Crippen LogP contribution < -0.4 is 14.9 Å². The van der Waals surface area contributed by atoms with E-state index in [1.807, 2.05) is 48.5 Å². The van der Waals surface area contributed by atoms with E-state index in [4.69, 9.17) is 21.1 Å². The minimum Gasteiger partial charge on any atom is -0.490 e. The lowest BCUT2D eigenvalue weighted by Crippen LogP contribution is -2.17. The Labute approximate surface area is 180 Å². The van der Waals surface area contributed by atoms with Crippen molar-refractivity contribution in [2.24, 2.45) is 5.10 Å². The molecule has 30 heavy (non-hydrogen) atoms. The number of hydrogen-bond donors (Lipinski definition) is 1. The molecule has 1 N–H and O–H groups in total. The molecular formula is C24H21ClN2O3. The Hall–Kier alpha value is -3.57. The first kappa shape index (κ1) is 21.1. The number of nitrogens with one attached hydrogen (secondary N) is 1. The zero-order chi connectivity index (χ0) is 21.2. The Kier molecular flexibility index (Phi) is 7.64. The van der Waals surface area contributed by atoms with E-state index >= 15 is 0 Å². The molecule has 152 valence electrons. The van der Waals surface area contributed by atoms with Crippen LogP contribution in [0.5, 0.6) is 11.5 Å². The van der Waals surface area contributed by atoms with Gasteiger partial charge in [0.25, 0.3) is 5.91 Å². The molecule has 1 amide bonds. The van der Waals surface area contributed by atoms with E-state index in [1.165, 1.54) is 0 Å². The maximum absolute atomic E-state index is 12.3. The number of carbonyl (C=O) groups is 1. The third-order valence-corrected chi connectivity index (χ3v) is 4.29. The van der Waals surface area contributed by atoms with Gasteiger partial charge in [-0.2, -0.15) is 5.10 Å². The molecule has 0 unspecified atom stereocenters. The summed E-state index contributed by atoms with van der Waals surface area (Å²) in [5.74, 6) is 1.07. The highest BCUT2D eigenvalue weighted by atomic mass is 35.5. The summed E-state index contributed by atoms with van der Waals surface area (Å²) in [5, 5.41) is 4.69. The van der Waals surface area contributed by atoms with Crippen LogP contribution in [0.3, 0.4) is 0 Å². The van der Waals surface area contributed by atoms with E-state index < -0.39 is 0 Å². The van der Waals surface area contributed by atoms with Crippen molar-refractivity contribution in [2.75, 3.05) is 6.61 Å². The average Bonchev–Trinajstić information content (AvgIpc) is 2.78. The summed E-state index contributed by atoms with van der Waals surface area (Å²) in [6, 6.07) is 21.7. The van der Waals surface area contributed by atoms with Gasteiger partial charge in [-0.1, -0.05) is 48.5 Å². The molecule has 0 aliphatic heterocycles. The highest BCUT2D eigenvalue weighted by molar-refractivity contribution is 6.30. The highest BCUT2D eigenvalue weighted by Gasteiger charge is 2.05. The minimum absolute atomic E-state index is 0.311. The van der Waals surface area contributed by atoms with Crippen molar-refractivity contribution in [1.29, 1.82) is 0 Å². The van der Waals surface area contributed by atoms with Crippen molar-refractivity contribution in [1.82, 2.24) is 5.43 Å². The molecule has 0 radical (unpaired) electrons. The Morgan fingerprint density at radius 1 is 1.00 bits per heavy atom. The predicted molar refractivity (Wildman–Crippen MR) is 119 cm³/mol. The third-order valence-electron chi connectivity index (χ3n) is 4.04. The molecular weight excluding hydrogens is 400 g/mol. The van der Waals surface area contributed by atoms with E-state index in [9.17, 15) is 4.79 Å². The van der Waals surface area contributed by atoms with Crippen molar-refractivity contribution in [2.45, 2.75) is 6.61 Å². The molecule has 0 heterocycles. The van der Waals surface area contributed by atoms with Crippen LogP contribution in [0.15, 0.2) is 90.6 Å². The number of carbonyl (C=O) groups excluding carboxylic acids is 1.